The molecule has 1 heterocycles. The van der Waals surface area contributed by atoms with Crippen molar-refractivity contribution in [2.24, 2.45) is 0 Å². The van der Waals surface area contributed by atoms with Crippen LogP contribution in [0.3, 0.4) is 0 Å². The van der Waals surface area contributed by atoms with E-state index in [9.17, 15) is 9.59 Å². The summed E-state index contributed by atoms with van der Waals surface area (Å²) in [5.74, 6) is 0.215. The minimum Gasteiger partial charge on any atom is -0.449 e. The maximum Gasteiger partial charge on any atom is 0.294 e. The number of carbonyl (C=O) groups is 2. The van der Waals surface area contributed by atoms with E-state index in [1.807, 2.05) is 36.4 Å². The standard InChI is InChI=1S/C24H28BrN3O3/c1-3-27(4-2)14-8-13-26-23(29)17-28-20-11-5-6-12-21(20)31-22(24(28)30)16-18-9-7-10-19(25)15-18/h5-7,9-12,15-16H,3-4,8,13-14,17H2,1-2H3,(H,26,29)/b22-16+. The first-order valence-electron chi connectivity index (χ1n) is 10.6. The first-order chi connectivity index (χ1) is 15.0. The Morgan fingerprint density at radius 3 is 2.68 bits per heavy atom. The molecule has 0 saturated heterocycles. The molecular formula is C24H28BrN3O3. The lowest BCUT2D eigenvalue weighted by molar-refractivity contribution is -0.123. The van der Waals surface area contributed by atoms with Crippen LogP contribution in [0.25, 0.3) is 6.08 Å². The Balaban J connectivity index is 1.71. The van der Waals surface area contributed by atoms with Crippen molar-refractivity contribution in [1.29, 1.82) is 0 Å². The molecule has 0 aromatic heterocycles. The topological polar surface area (TPSA) is 61.9 Å². The number of fused-ring (bicyclic) bond motifs is 1. The molecule has 0 bridgehead atoms. The number of ether oxygens (including phenoxy) is 1. The highest BCUT2D eigenvalue weighted by molar-refractivity contribution is 9.10. The van der Waals surface area contributed by atoms with Gasteiger partial charge in [0.15, 0.2) is 11.5 Å². The molecule has 0 unspecified atom stereocenters. The van der Waals surface area contributed by atoms with E-state index in [-0.39, 0.29) is 24.1 Å². The number of nitrogens with zero attached hydrogens (tertiary/aromatic N) is 2. The molecule has 2 aromatic rings. The van der Waals surface area contributed by atoms with Crippen LogP contribution in [0.2, 0.25) is 0 Å². The fourth-order valence-electron chi connectivity index (χ4n) is 3.44. The monoisotopic (exact) mass is 485 g/mol. The van der Waals surface area contributed by atoms with Gasteiger partial charge in [-0.3, -0.25) is 14.5 Å². The number of carbonyl (C=O) groups excluding carboxylic acids is 2. The van der Waals surface area contributed by atoms with Crippen molar-refractivity contribution in [3.63, 3.8) is 0 Å². The highest BCUT2D eigenvalue weighted by atomic mass is 79.9. The van der Waals surface area contributed by atoms with Gasteiger partial charge in [0, 0.05) is 11.0 Å². The summed E-state index contributed by atoms with van der Waals surface area (Å²) in [6, 6.07) is 14.9. The highest BCUT2D eigenvalue weighted by Gasteiger charge is 2.31. The molecular weight excluding hydrogens is 458 g/mol. The number of hydrogen-bond donors (Lipinski definition) is 1. The zero-order valence-corrected chi connectivity index (χ0v) is 19.5. The molecule has 1 aliphatic heterocycles. The van der Waals surface area contributed by atoms with Gasteiger partial charge in [0.05, 0.1) is 5.69 Å². The van der Waals surface area contributed by atoms with Gasteiger partial charge in [-0.25, -0.2) is 0 Å². The summed E-state index contributed by atoms with van der Waals surface area (Å²) in [7, 11) is 0. The zero-order valence-electron chi connectivity index (χ0n) is 17.9. The van der Waals surface area contributed by atoms with Gasteiger partial charge in [0.1, 0.15) is 6.54 Å². The Kier molecular flexibility index (Phi) is 8.26. The molecule has 1 N–H and O–H groups in total. The van der Waals surface area contributed by atoms with Gasteiger partial charge in [-0.15, -0.1) is 0 Å². The van der Waals surface area contributed by atoms with E-state index in [4.69, 9.17) is 4.74 Å². The molecule has 0 spiro atoms. The zero-order chi connectivity index (χ0) is 22.2. The van der Waals surface area contributed by atoms with Gasteiger partial charge in [-0.05, 0) is 62.0 Å². The molecule has 2 aromatic carbocycles. The summed E-state index contributed by atoms with van der Waals surface area (Å²) in [6.07, 6.45) is 2.56. The fraction of sp³-hybridized carbons (Fsp3) is 0.333. The predicted molar refractivity (Wildman–Crippen MR) is 127 cm³/mol. The van der Waals surface area contributed by atoms with E-state index in [0.717, 1.165) is 36.1 Å². The van der Waals surface area contributed by atoms with Gasteiger partial charge in [0.25, 0.3) is 5.91 Å². The third-order valence-corrected chi connectivity index (χ3v) is 5.64. The summed E-state index contributed by atoms with van der Waals surface area (Å²) in [5.41, 5.74) is 1.43. The van der Waals surface area contributed by atoms with Gasteiger partial charge >= 0.3 is 0 Å². The van der Waals surface area contributed by atoms with Crippen molar-refractivity contribution < 1.29 is 14.3 Å². The molecule has 1 aliphatic rings. The third kappa shape index (κ3) is 6.18. The van der Waals surface area contributed by atoms with Crippen LogP contribution in [-0.4, -0.2) is 49.4 Å². The quantitative estimate of drug-likeness (QED) is 0.429. The molecule has 164 valence electrons. The van der Waals surface area contributed by atoms with Crippen molar-refractivity contribution in [2.75, 3.05) is 37.6 Å². The molecule has 0 atom stereocenters. The average molecular weight is 486 g/mol. The van der Waals surface area contributed by atoms with Gasteiger partial charge in [0.2, 0.25) is 5.91 Å². The summed E-state index contributed by atoms with van der Waals surface area (Å²) in [6.45, 7) is 7.71. The van der Waals surface area contributed by atoms with Crippen molar-refractivity contribution >= 4 is 39.5 Å². The Morgan fingerprint density at radius 1 is 1.16 bits per heavy atom. The summed E-state index contributed by atoms with van der Waals surface area (Å²) in [5, 5.41) is 2.93. The first kappa shape index (κ1) is 23.0. The van der Waals surface area contributed by atoms with Crippen molar-refractivity contribution in [3.8, 4) is 5.75 Å². The Labute approximate surface area is 192 Å². The molecule has 7 heteroatoms. The van der Waals surface area contributed by atoms with Crippen LogP contribution in [0.1, 0.15) is 25.8 Å². The van der Waals surface area contributed by atoms with Crippen LogP contribution >= 0.6 is 15.9 Å². The van der Waals surface area contributed by atoms with Crippen LogP contribution in [0.5, 0.6) is 5.75 Å². The van der Waals surface area contributed by atoms with E-state index in [1.54, 1.807) is 18.2 Å². The Bertz CT molecular complexity index is 957. The van der Waals surface area contributed by atoms with E-state index in [2.05, 4.69) is 40.0 Å². The highest BCUT2D eigenvalue weighted by Crippen LogP contribution is 2.35. The molecule has 0 saturated carbocycles. The maximum absolute atomic E-state index is 13.1. The van der Waals surface area contributed by atoms with Gasteiger partial charge in [-0.1, -0.05) is 54.0 Å². The molecule has 2 amide bonds. The summed E-state index contributed by atoms with van der Waals surface area (Å²) in [4.78, 5) is 29.5. The van der Waals surface area contributed by atoms with Crippen molar-refractivity contribution in [3.05, 3.63) is 64.3 Å². The second-order valence-electron chi connectivity index (χ2n) is 7.26. The number of amides is 2. The molecule has 3 rings (SSSR count). The maximum atomic E-state index is 13.1. The second kappa shape index (κ2) is 11.1. The Morgan fingerprint density at radius 2 is 1.94 bits per heavy atom. The lowest BCUT2D eigenvalue weighted by Gasteiger charge is -2.30. The van der Waals surface area contributed by atoms with E-state index in [0.29, 0.717) is 18.0 Å². The average Bonchev–Trinajstić information content (AvgIpc) is 2.77. The van der Waals surface area contributed by atoms with Crippen molar-refractivity contribution in [1.82, 2.24) is 10.2 Å². The number of hydrogen-bond acceptors (Lipinski definition) is 4. The fourth-order valence-corrected chi connectivity index (χ4v) is 3.85. The smallest absolute Gasteiger partial charge is 0.294 e. The number of anilines is 1. The summed E-state index contributed by atoms with van der Waals surface area (Å²) >= 11 is 3.44. The summed E-state index contributed by atoms with van der Waals surface area (Å²) < 4.78 is 6.78. The third-order valence-electron chi connectivity index (χ3n) is 5.15. The lowest BCUT2D eigenvalue weighted by atomic mass is 10.1. The van der Waals surface area contributed by atoms with Crippen LogP contribution in [-0.2, 0) is 9.59 Å². The lowest BCUT2D eigenvalue weighted by Crippen LogP contribution is -2.44. The SMILES string of the molecule is CCN(CC)CCCNC(=O)CN1C(=O)/C(=C\c2cccc(Br)c2)Oc2ccccc21. The number of halogens is 1. The van der Waals surface area contributed by atoms with E-state index >= 15 is 0 Å². The normalized spacial score (nSPS) is 14.5. The molecule has 0 fully saturated rings. The minimum absolute atomic E-state index is 0.0553. The van der Waals surface area contributed by atoms with Crippen LogP contribution in [0.4, 0.5) is 5.69 Å². The van der Waals surface area contributed by atoms with Crippen molar-refractivity contribution in [2.45, 2.75) is 20.3 Å². The molecule has 0 radical (unpaired) electrons. The number of para-hydroxylation sites is 2. The number of benzene rings is 2. The number of nitrogens with one attached hydrogen (secondary N) is 1. The van der Waals surface area contributed by atoms with Crippen LogP contribution < -0.4 is 15.0 Å². The predicted octanol–water partition coefficient (Wildman–Crippen LogP) is 4.06. The van der Waals surface area contributed by atoms with Crippen LogP contribution in [0.15, 0.2) is 58.8 Å². The van der Waals surface area contributed by atoms with Crippen LogP contribution in [0, 0.1) is 0 Å². The van der Waals surface area contributed by atoms with Gasteiger partial charge in [-0.2, -0.15) is 0 Å². The molecule has 6 nitrogen and oxygen atoms in total. The number of rotatable bonds is 9. The first-order valence-corrected chi connectivity index (χ1v) is 11.4. The van der Waals surface area contributed by atoms with Gasteiger partial charge < -0.3 is 15.0 Å². The van der Waals surface area contributed by atoms with E-state index in [1.165, 1.54) is 4.90 Å². The molecule has 0 aliphatic carbocycles. The second-order valence-corrected chi connectivity index (χ2v) is 8.17. The largest absolute Gasteiger partial charge is 0.449 e. The molecule has 31 heavy (non-hydrogen) atoms. The van der Waals surface area contributed by atoms with E-state index < -0.39 is 0 Å². The Hall–Kier alpha value is -2.64. The minimum atomic E-state index is -0.336.